The van der Waals surface area contributed by atoms with Crippen molar-refractivity contribution in [3.05, 3.63) is 58.0 Å². The summed E-state index contributed by atoms with van der Waals surface area (Å²) in [4.78, 5) is 25.9. The van der Waals surface area contributed by atoms with Crippen molar-refractivity contribution in [2.24, 2.45) is 0 Å². The van der Waals surface area contributed by atoms with Crippen molar-refractivity contribution < 1.29 is 14.5 Å². The third-order valence-electron chi connectivity index (χ3n) is 2.83. The van der Waals surface area contributed by atoms with Crippen LogP contribution in [0.2, 0.25) is 5.15 Å². The highest BCUT2D eigenvalue weighted by atomic mass is 35.5. The average Bonchev–Trinajstić information content (AvgIpc) is 2.90. The van der Waals surface area contributed by atoms with Gasteiger partial charge in [-0.15, -0.1) is 0 Å². The quantitative estimate of drug-likeness (QED) is 0.448. The van der Waals surface area contributed by atoms with E-state index < -0.39 is 11.0 Å². The molecule has 0 fully saturated rings. The number of carbonyl (C=O) groups excluding carboxylic acids is 1. The normalized spacial score (nSPS) is 10.5. The molecule has 0 saturated carbocycles. The maximum atomic E-state index is 11.9. The molecule has 1 amide bonds. The highest BCUT2D eigenvalue weighted by Gasteiger charge is 2.12. The van der Waals surface area contributed by atoms with E-state index >= 15 is 0 Å². The number of ether oxygens (including phenoxy) is 1. The number of nitrogens with zero attached hydrogens (tertiary/aromatic N) is 4. The van der Waals surface area contributed by atoms with Gasteiger partial charge in [-0.05, 0) is 18.2 Å². The Kier molecular flexibility index (Phi) is 3.77. The lowest BCUT2D eigenvalue weighted by atomic mass is 10.3. The van der Waals surface area contributed by atoms with Crippen LogP contribution in [0.3, 0.4) is 0 Å². The molecule has 2 aromatic heterocycles. The molecule has 0 aliphatic carbocycles. The van der Waals surface area contributed by atoms with Gasteiger partial charge in [0.25, 0.3) is 5.69 Å². The number of rotatable bonds is 3. The van der Waals surface area contributed by atoms with Crippen LogP contribution in [0.25, 0.3) is 5.65 Å². The Morgan fingerprint density at radius 2 is 2.04 bits per heavy atom. The minimum absolute atomic E-state index is 0.0979. The summed E-state index contributed by atoms with van der Waals surface area (Å²) in [5.41, 5.74) is 0.580. The SMILES string of the molecule is O=C(Nc1cnn2ccc(Cl)nc12)Oc1ccc([N+](=O)[O-])cc1. The Hall–Kier alpha value is -3.20. The number of aromatic nitrogens is 3. The van der Waals surface area contributed by atoms with Gasteiger partial charge in [-0.3, -0.25) is 15.4 Å². The average molecular weight is 334 g/mol. The molecule has 9 nitrogen and oxygen atoms in total. The fraction of sp³-hybridized carbons (Fsp3) is 0. The monoisotopic (exact) mass is 333 g/mol. The van der Waals surface area contributed by atoms with Crippen LogP contribution in [0.15, 0.2) is 42.7 Å². The molecule has 116 valence electrons. The van der Waals surface area contributed by atoms with Gasteiger partial charge in [0.2, 0.25) is 0 Å². The molecule has 0 aliphatic heterocycles. The molecule has 0 aliphatic rings. The van der Waals surface area contributed by atoms with Crippen LogP contribution in [0, 0.1) is 10.1 Å². The van der Waals surface area contributed by atoms with Crippen LogP contribution in [-0.2, 0) is 0 Å². The molecule has 1 aromatic carbocycles. The van der Waals surface area contributed by atoms with Crippen molar-refractivity contribution in [3.8, 4) is 5.75 Å². The summed E-state index contributed by atoms with van der Waals surface area (Å²) in [6, 6.07) is 6.67. The first-order valence-corrected chi connectivity index (χ1v) is 6.64. The third kappa shape index (κ3) is 3.19. The molecule has 23 heavy (non-hydrogen) atoms. The second-order valence-corrected chi connectivity index (χ2v) is 4.73. The molecule has 1 N–H and O–H groups in total. The number of amides is 1. The molecule has 0 bridgehead atoms. The summed E-state index contributed by atoms with van der Waals surface area (Å²) >= 11 is 5.80. The number of nitro groups is 1. The van der Waals surface area contributed by atoms with E-state index in [4.69, 9.17) is 16.3 Å². The van der Waals surface area contributed by atoms with Crippen molar-refractivity contribution in [1.29, 1.82) is 0 Å². The van der Waals surface area contributed by atoms with Crippen molar-refractivity contribution in [2.45, 2.75) is 0 Å². The van der Waals surface area contributed by atoms with E-state index in [0.717, 1.165) is 0 Å². The van der Waals surface area contributed by atoms with Gasteiger partial charge in [0.15, 0.2) is 5.65 Å². The van der Waals surface area contributed by atoms with Crippen LogP contribution in [0.4, 0.5) is 16.2 Å². The Bertz CT molecular complexity index is 893. The second kappa shape index (κ2) is 5.89. The molecule has 0 atom stereocenters. The Labute approximate surface area is 133 Å². The van der Waals surface area contributed by atoms with E-state index in [1.54, 1.807) is 12.3 Å². The maximum absolute atomic E-state index is 11.9. The number of fused-ring (bicyclic) bond motifs is 1. The summed E-state index contributed by atoms with van der Waals surface area (Å²) in [6.45, 7) is 0. The minimum atomic E-state index is -0.782. The molecule has 0 saturated heterocycles. The fourth-order valence-corrected chi connectivity index (χ4v) is 1.95. The molecule has 0 unspecified atom stereocenters. The predicted octanol–water partition coefficient (Wildman–Crippen LogP) is 2.90. The zero-order valence-corrected chi connectivity index (χ0v) is 12.1. The fourth-order valence-electron chi connectivity index (χ4n) is 1.81. The largest absolute Gasteiger partial charge is 0.417 e. The number of benzene rings is 1. The molecule has 2 heterocycles. The van der Waals surface area contributed by atoms with Gasteiger partial charge in [-0.1, -0.05) is 11.6 Å². The molecule has 0 spiro atoms. The Morgan fingerprint density at radius 1 is 1.30 bits per heavy atom. The molecule has 10 heteroatoms. The Morgan fingerprint density at radius 3 is 2.74 bits per heavy atom. The zero-order chi connectivity index (χ0) is 16.4. The van der Waals surface area contributed by atoms with E-state index in [0.29, 0.717) is 11.3 Å². The van der Waals surface area contributed by atoms with Crippen LogP contribution in [-0.4, -0.2) is 25.6 Å². The number of nitro benzene ring substituents is 1. The number of non-ortho nitro benzene ring substituents is 1. The topological polar surface area (TPSA) is 112 Å². The van der Waals surface area contributed by atoms with Gasteiger partial charge in [0.1, 0.15) is 16.6 Å². The first-order chi connectivity index (χ1) is 11.0. The predicted molar refractivity (Wildman–Crippen MR) is 80.7 cm³/mol. The number of hydrogen-bond donors (Lipinski definition) is 1. The van der Waals surface area contributed by atoms with Crippen molar-refractivity contribution in [2.75, 3.05) is 5.32 Å². The zero-order valence-electron chi connectivity index (χ0n) is 11.3. The van der Waals surface area contributed by atoms with Crippen LogP contribution < -0.4 is 10.1 Å². The summed E-state index contributed by atoms with van der Waals surface area (Å²) in [6.07, 6.45) is 2.21. The van der Waals surface area contributed by atoms with Crippen molar-refractivity contribution in [3.63, 3.8) is 0 Å². The Balaban J connectivity index is 1.73. The second-order valence-electron chi connectivity index (χ2n) is 4.34. The number of carbonyl (C=O) groups is 1. The number of halogens is 1. The van der Waals surface area contributed by atoms with Crippen molar-refractivity contribution >= 4 is 34.7 Å². The van der Waals surface area contributed by atoms with Gasteiger partial charge in [0, 0.05) is 18.3 Å². The van der Waals surface area contributed by atoms with E-state index in [9.17, 15) is 14.9 Å². The van der Waals surface area contributed by atoms with Crippen LogP contribution in [0.1, 0.15) is 0 Å². The number of hydrogen-bond acceptors (Lipinski definition) is 6. The maximum Gasteiger partial charge on any atom is 0.417 e. The summed E-state index contributed by atoms with van der Waals surface area (Å²) in [5, 5.41) is 17.3. The first kappa shape index (κ1) is 14.7. The van der Waals surface area contributed by atoms with Gasteiger partial charge in [-0.25, -0.2) is 14.3 Å². The lowest BCUT2D eigenvalue weighted by Gasteiger charge is -2.05. The van der Waals surface area contributed by atoms with E-state index in [1.165, 1.54) is 35.0 Å². The third-order valence-corrected chi connectivity index (χ3v) is 3.04. The standard InChI is InChI=1S/C13H8ClN5O4/c14-11-5-6-18-12(17-11)10(7-15-18)16-13(20)23-9-3-1-8(2-4-9)19(21)22/h1-7H,(H,16,20). The highest BCUT2D eigenvalue weighted by molar-refractivity contribution is 6.29. The molecule has 0 radical (unpaired) electrons. The lowest BCUT2D eigenvalue weighted by molar-refractivity contribution is -0.384. The number of nitrogens with one attached hydrogen (secondary N) is 1. The molecular weight excluding hydrogens is 326 g/mol. The first-order valence-electron chi connectivity index (χ1n) is 6.26. The van der Waals surface area contributed by atoms with Gasteiger partial charge in [0.05, 0.1) is 11.1 Å². The molecule has 3 rings (SSSR count). The number of anilines is 1. The van der Waals surface area contributed by atoms with E-state index in [1.807, 2.05) is 0 Å². The van der Waals surface area contributed by atoms with Crippen LogP contribution >= 0.6 is 11.6 Å². The summed E-state index contributed by atoms with van der Waals surface area (Å²) < 4.78 is 6.47. The van der Waals surface area contributed by atoms with Gasteiger partial charge in [-0.2, -0.15) is 5.10 Å². The van der Waals surface area contributed by atoms with Crippen LogP contribution in [0.5, 0.6) is 5.75 Å². The van der Waals surface area contributed by atoms with E-state index in [2.05, 4.69) is 15.4 Å². The van der Waals surface area contributed by atoms with E-state index in [-0.39, 0.29) is 16.6 Å². The lowest BCUT2D eigenvalue weighted by Crippen LogP contribution is -2.16. The molecular formula is C13H8ClN5O4. The smallest absolute Gasteiger partial charge is 0.410 e. The van der Waals surface area contributed by atoms with Crippen molar-refractivity contribution in [1.82, 2.24) is 14.6 Å². The van der Waals surface area contributed by atoms with Gasteiger partial charge >= 0.3 is 6.09 Å². The minimum Gasteiger partial charge on any atom is -0.410 e. The summed E-state index contributed by atoms with van der Waals surface area (Å²) in [7, 11) is 0. The highest BCUT2D eigenvalue weighted by Crippen LogP contribution is 2.19. The summed E-state index contributed by atoms with van der Waals surface area (Å²) in [5.74, 6) is 0.163. The van der Waals surface area contributed by atoms with Gasteiger partial charge < -0.3 is 4.74 Å². The molecule has 3 aromatic rings.